The quantitative estimate of drug-likeness (QED) is 0.836. The summed E-state index contributed by atoms with van der Waals surface area (Å²) in [5.41, 5.74) is -0.762. The average molecular weight is 347 g/mol. The average Bonchev–Trinajstić information content (AvgIpc) is 2.87. The van der Waals surface area contributed by atoms with Crippen molar-refractivity contribution in [1.82, 2.24) is 10.2 Å². The van der Waals surface area contributed by atoms with Crippen LogP contribution in [0.1, 0.15) is 17.5 Å². The number of aromatic nitrogens is 2. The standard InChI is InChI=1S/C17H16F3N5/c18-17(19,20)15-11-14(5-4-13(15)12-21)24-7-2-8-25(10-9-24)16-3-1-6-22-23-16/h1,3-6,11H,2,7-10H2. The molecule has 0 atom stereocenters. The maximum atomic E-state index is 13.2. The summed E-state index contributed by atoms with van der Waals surface area (Å²) in [6, 6.07) is 9.17. The van der Waals surface area contributed by atoms with Gasteiger partial charge in [-0.05, 0) is 36.8 Å². The van der Waals surface area contributed by atoms with Gasteiger partial charge in [0.1, 0.15) is 0 Å². The number of nitriles is 1. The summed E-state index contributed by atoms with van der Waals surface area (Å²) in [5, 5.41) is 16.9. The van der Waals surface area contributed by atoms with Crippen molar-refractivity contribution in [3.8, 4) is 6.07 Å². The zero-order valence-electron chi connectivity index (χ0n) is 13.4. The Hall–Kier alpha value is -2.82. The molecule has 1 fully saturated rings. The topological polar surface area (TPSA) is 56.1 Å². The second-order valence-corrected chi connectivity index (χ2v) is 5.75. The summed E-state index contributed by atoms with van der Waals surface area (Å²) < 4.78 is 39.5. The Kier molecular flexibility index (Phi) is 4.74. The van der Waals surface area contributed by atoms with Crippen LogP contribution in [0.2, 0.25) is 0 Å². The molecule has 1 aromatic carbocycles. The highest BCUT2D eigenvalue weighted by Gasteiger charge is 2.34. The predicted octanol–water partition coefficient (Wildman–Crippen LogP) is 3.08. The summed E-state index contributed by atoms with van der Waals surface area (Å²) in [6.45, 7) is 2.61. The van der Waals surface area contributed by atoms with Crippen LogP contribution in [0.25, 0.3) is 0 Å². The maximum Gasteiger partial charge on any atom is 0.417 e. The second-order valence-electron chi connectivity index (χ2n) is 5.75. The van der Waals surface area contributed by atoms with E-state index in [1.807, 2.05) is 11.0 Å². The Morgan fingerprint density at radius 2 is 1.80 bits per heavy atom. The van der Waals surface area contributed by atoms with Crippen LogP contribution >= 0.6 is 0 Å². The lowest BCUT2D eigenvalue weighted by molar-refractivity contribution is -0.137. The Balaban J connectivity index is 1.80. The highest BCUT2D eigenvalue weighted by Crippen LogP contribution is 2.34. The fraction of sp³-hybridized carbons (Fsp3) is 0.353. The van der Waals surface area contributed by atoms with Crippen LogP contribution in [0.3, 0.4) is 0 Å². The Bertz CT molecular complexity index is 770. The Morgan fingerprint density at radius 1 is 1.04 bits per heavy atom. The summed E-state index contributed by atoms with van der Waals surface area (Å²) in [4.78, 5) is 3.98. The van der Waals surface area contributed by atoms with Gasteiger partial charge in [0.25, 0.3) is 0 Å². The summed E-state index contributed by atoms with van der Waals surface area (Å²) in [6.07, 6.45) is -2.15. The first kappa shape index (κ1) is 17.0. The lowest BCUT2D eigenvalue weighted by Crippen LogP contribution is -2.31. The Morgan fingerprint density at radius 3 is 2.48 bits per heavy atom. The van der Waals surface area contributed by atoms with E-state index in [4.69, 9.17) is 5.26 Å². The van der Waals surface area contributed by atoms with Crippen molar-refractivity contribution < 1.29 is 13.2 Å². The van der Waals surface area contributed by atoms with Crippen LogP contribution in [-0.4, -0.2) is 36.4 Å². The molecule has 0 N–H and O–H groups in total. The van der Waals surface area contributed by atoms with Gasteiger partial charge < -0.3 is 9.80 Å². The highest BCUT2D eigenvalue weighted by molar-refractivity contribution is 5.55. The van der Waals surface area contributed by atoms with Gasteiger partial charge in [-0.25, -0.2) is 0 Å². The molecule has 130 valence electrons. The minimum absolute atomic E-state index is 0.354. The molecule has 2 aromatic rings. The van der Waals surface area contributed by atoms with Crippen LogP contribution in [0.5, 0.6) is 0 Å². The van der Waals surface area contributed by atoms with Crippen molar-refractivity contribution in [2.24, 2.45) is 0 Å². The van der Waals surface area contributed by atoms with Gasteiger partial charge in [-0.1, -0.05) is 0 Å². The lowest BCUT2D eigenvalue weighted by atomic mass is 10.1. The molecule has 0 saturated carbocycles. The molecule has 0 aliphatic carbocycles. The van der Waals surface area contributed by atoms with Gasteiger partial charge in [-0.2, -0.15) is 23.5 Å². The molecule has 2 heterocycles. The van der Waals surface area contributed by atoms with E-state index in [2.05, 4.69) is 15.1 Å². The lowest BCUT2D eigenvalue weighted by Gasteiger charge is -2.25. The van der Waals surface area contributed by atoms with Gasteiger partial charge >= 0.3 is 6.18 Å². The van der Waals surface area contributed by atoms with Crippen LogP contribution in [0, 0.1) is 11.3 Å². The second kappa shape index (κ2) is 6.97. The molecule has 5 nitrogen and oxygen atoms in total. The van der Waals surface area contributed by atoms with E-state index < -0.39 is 11.7 Å². The molecule has 25 heavy (non-hydrogen) atoms. The number of anilines is 2. The van der Waals surface area contributed by atoms with Crippen molar-refractivity contribution in [3.05, 3.63) is 47.7 Å². The van der Waals surface area contributed by atoms with Gasteiger partial charge in [0.15, 0.2) is 5.82 Å². The first-order valence-corrected chi connectivity index (χ1v) is 7.88. The highest BCUT2D eigenvalue weighted by atomic mass is 19.4. The summed E-state index contributed by atoms with van der Waals surface area (Å²) >= 11 is 0. The summed E-state index contributed by atoms with van der Waals surface area (Å²) in [7, 11) is 0. The normalized spacial score (nSPS) is 15.6. The van der Waals surface area contributed by atoms with Crippen molar-refractivity contribution in [2.75, 3.05) is 36.0 Å². The van der Waals surface area contributed by atoms with Crippen LogP contribution in [0.4, 0.5) is 24.7 Å². The molecule has 0 unspecified atom stereocenters. The molecule has 3 rings (SSSR count). The molecule has 1 aliphatic heterocycles. The first-order valence-electron chi connectivity index (χ1n) is 7.88. The zero-order valence-corrected chi connectivity index (χ0v) is 13.4. The third kappa shape index (κ3) is 3.82. The monoisotopic (exact) mass is 347 g/mol. The van der Waals surface area contributed by atoms with Crippen LogP contribution in [-0.2, 0) is 6.18 Å². The molecule has 0 bridgehead atoms. The smallest absolute Gasteiger partial charge is 0.370 e. The molecule has 1 aromatic heterocycles. The fourth-order valence-electron chi connectivity index (χ4n) is 2.93. The number of halogens is 3. The van der Waals surface area contributed by atoms with E-state index in [0.29, 0.717) is 25.3 Å². The van der Waals surface area contributed by atoms with E-state index in [1.165, 1.54) is 6.07 Å². The predicted molar refractivity (Wildman–Crippen MR) is 87.2 cm³/mol. The third-order valence-electron chi connectivity index (χ3n) is 4.17. The molecular formula is C17H16F3N5. The van der Waals surface area contributed by atoms with E-state index >= 15 is 0 Å². The van der Waals surface area contributed by atoms with Gasteiger partial charge in [0.2, 0.25) is 0 Å². The van der Waals surface area contributed by atoms with E-state index in [9.17, 15) is 13.2 Å². The first-order chi connectivity index (χ1) is 12.0. The van der Waals surface area contributed by atoms with Crippen molar-refractivity contribution >= 4 is 11.5 Å². The summed E-state index contributed by atoms with van der Waals surface area (Å²) in [5.74, 6) is 0.764. The zero-order chi connectivity index (χ0) is 17.9. The largest absolute Gasteiger partial charge is 0.417 e. The van der Waals surface area contributed by atoms with Crippen LogP contribution < -0.4 is 9.80 Å². The molecule has 0 amide bonds. The number of hydrogen-bond donors (Lipinski definition) is 0. The third-order valence-corrected chi connectivity index (χ3v) is 4.17. The van der Waals surface area contributed by atoms with Gasteiger partial charge in [-0.15, -0.1) is 5.10 Å². The fourth-order valence-corrected chi connectivity index (χ4v) is 2.93. The number of rotatable bonds is 2. The van der Waals surface area contributed by atoms with E-state index in [1.54, 1.807) is 24.4 Å². The maximum absolute atomic E-state index is 13.2. The Labute approximate surface area is 143 Å². The van der Waals surface area contributed by atoms with E-state index in [-0.39, 0.29) is 5.56 Å². The molecule has 8 heteroatoms. The number of nitrogens with zero attached hydrogens (tertiary/aromatic N) is 5. The SMILES string of the molecule is N#Cc1ccc(N2CCCN(c3cccnn3)CC2)cc1C(F)(F)F. The molecule has 1 saturated heterocycles. The van der Waals surface area contributed by atoms with Gasteiger partial charge in [0.05, 0.1) is 17.2 Å². The molecular weight excluding hydrogens is 331 g/mol. The van der Waals surface area contributed by atoms with E-state index in [0.717, 1.165) is 24.8 Å². The van der Waals surface area contributed by atoms with Crippen molar-refractivity contribution in [3.63, 3.8) is 0 Å². The number of hydrogen-bond acceptors (Lipinski definition) is 5. The van der Waals surface area contributed by atoms with Gasteiger partial charge in [0, 0.05) is 38.1 Å². The van der Waals surface area contributed by atoms with Gasteiger partial charge in [-0.3, -0.25) is 0 Å². The molecule has 1 aliphatic rings. The number of alkyl halides is 3. The minimum atomic E-state index is -4.54. The molecule has 0 spiro atoms. The minimum Gasteiger partial charge on any atom is -0.370 e. The van der Waals surface area contributed by atoms with Crippen LogP contribution in [0.15, 0.2) is 36.5 Å². The molecule has 0 radical (unpaired) electrons. The van der Waals surface area contributed by atoms with Crippen molar-refractivity contribution in [1.29, 1.82) is 5.26 Å². The number of benzene rings is 1. The van der Waals surface area contributed by atoms with Crippen molar-refractivity contribution in [2.45, 2.75) is 12.6 Å².